The summed E-state index contributed by atoms with van der Waals surface area (Å²) in [6.07, 6.45) is 53.9. The standard InChI is InChI=1S/C52H94NO8P/c1-6-8-10-12-14-16-18-20-22-24-26-28-30-32-34-36-38-40-42-44-51(54)58-48-50(49-60-62(56,57)59-47-46-53(3,4)5)61-52(55)45-43-41-39-37-35-33-31-29-27-25-23-21-19-17-15-13-11-9-7-2/h15,17,20-23,27,29,33,35,50H,6-14,16,18-19,24-26,28,30-32,34,36-49H2,1-5H3/b17-15+,22-20+,23-21+,29-27+,35-33+/t50-/m1/s1. The second-order valence-electron chi connectivity index (χ2n) is 17.8. The maximum atomic E-state index is 12.7. The molecular formula is C52H94NO8P. The molecule has 0 aromatic rings. The van der Waals surface area contributed by atoms with Crippen LogP contribution in [-0.4, -0.2) is 70.0 Å². The van der Waals surface area contributed by atoms with Gasteiger partial charge < -0.3 is 27.9 Å². The summed E-state index contributed by atoms with van der Waals surface area (Å²) in [5, 5.41) is 0. The molecule has 9 nitrogen and oxygen atoms in total. The van der Waals surface area contributed by atoms with Gasteiger partial charge in [-0.1, -0.05) is 171 Å². The van der Waals surface area contributed by atoms with Gasteiger partial charge in [-0.05, 0) is 83.5 Å². The lowest BCUT2D eigenvalue weighted by Gasteiger charge is -2.28. The van der Waals surface area contributed by atoms with E-state index in [1.54, 1.807) is 0 Å². The number of hydrogen-bond donors (Lipinski definition) is 0. The fourth-order valence-corrected chi connectivity index (χ4v) is 7.30. The molecule has 0 saturated heterocycles. The molecule has 0 aliphatic carbocycles. The Morgan fingerprint density at radius 1 is 0.500 bits per heavy atom. The van der Waals surface area contributed by atoms with Crippen LogP contribution in [0.25, 0.3) is 0 Å². The van der Waals surface area contributed by atoms with Crippen LogP contribution in [0.5, 0.6) is 0 Å². The molecule has 0 aliphatic heterocycles. The highest BCUT2D eigenvalue weighted by atomic mass is 31.2. The summed E-state index contributed by atoms with van der Waals surface area (Å²) in [6, 6.07) is 0. The van der Waals surface area contributed by atoms with Crippen LogP contribution in [0.15, 0.2) is 60.8 Å². The summed E-state index contributed by atoms with van der Waals surface area (Å²) in [5.41, 5.74) is 0. The lowest BCUT2D eigenvalue weighted by molar-refractivity contribution is -0.870. The molecule has 10 heteroatoms. The van der Waals surface area contributed by atoms with Gasteiger partial charge in [-0.3, -0.25) is 14.2 Å². The van der Waals surface area contributed by atoms with Crippen molar-refractivity contribution in [1.29, 1.82) is 0 Å². The van der Waals surface area contributed by atoms with E-state index in [9.17, 15) is 19.0 Å². The second-order valence-corrected chi connectivity index (χ2v) is 19.2. The Labute approximate surface area is 381 Å². The van der Waals surface area contributed by atoms with E-state index >= 15 is 0 Å². The minimum atomic E-state index is -4.64. The van der Waals surface area contributed by atoms with Crippen LogP contribution in [0.2, 0.25) is 0 Å². The van der Waals surface area contributed by atoms with E-state index in [1.165, 1.54) is 116 Å². The van der Waals surface area contributed by atoms with E-state index in [2.05, 4.69) is 74.6 Å². The van der Waals surface area contributed by atoms with Gasteiger partial charge >= 0.3 is 11.9 Å². The van der Waals surface area contributed by atoms with Crippen molar-refractivity contribution in [2.75, 3.05) is 47.5 Å². The lowest BCUT2D eigenvalue weighted by atomic mass is 10.1. The number of likely N-dealkylation sites (N-methyl/N-ethyl adjacent to an activating group) is 1. The van der Waals surface area contributed by atoms with Gasteiger partial charge in [-0.15, -0.1) is 0 Å². The molecule has 0 aromatic heterocycles. The van der Waals surface area contributed by atoms with Crippen LogP contribution in [0.1, 0.15) is 206 Å². The zero-order valence-corrected chi connectivity index (χ0v) is 41.4. The van der Waals surface area contributed by atoms with Crippen molar-refractivity contribution >= 4 is 19.8 Å². The number of rotatable bonds is 45. The highest BCUT2D eigenvalue weighted by Gasteiger charge is 2.21. The third kappa shape index (κ3) is 47.2. The number of hydrogen-bond acceptors (Lipinski definition) is 8. The smallest absolute Gasteiger partial charge is 0.306 e. The van der Waals surface area contributed by atoms with Crippen molar-refractivity contribution < 1.29 is 42.1 Å². The Kier molecular flexibility index (Phi) is 42.3. The molecule has 62 heavy (non-hydrogen) atoms. The Morgan fingerprint density at radius 2 is 0.871 bits per heavy atom. The summed E-state index contributed by atoms with van der Waals surface area (Å²) in [5.74, 6) is -0.872. The maximum absolute atomic E-state index is 12.7. The zero-order chi connectivity index (χ0) is 45.7. The number of esters is 2. The van der Waals surface area contributed by atoms with Gasteiger partial charge in [0.1, 0.15) is 19.8 Å². The van der Waals surface area contributed by atoms with Gasteiger partial charge in [-0.2, -0.15) is 0 Å². The average Bonchev–Trinajstić information content (AvgIpc) is 3.23. The molecular weight excluding hydrogens is 798 g/mol. The first-order valence-electron chi connectivity index (χ1n) is 25.0. The van der Waals surface area contributed by atoms with Crippen molar-refractivity contribution in [2.24, 2.45) is 0 Å². The SMILES string of the molecule is CCCCC/C=C/C/C=C/C/C=C/C/C=C/CCCCCC(=O)O[C@H](COC(=O)CCCCCCCCCCC/C=C/CCCCCCCC)COP(=O)([O-])OCC[N+](C)(C)C. The quantitative estimate of drug-likeness (QED) is 0.0195. The fourth-order valence-electron chi connectivity index (χ4n) is 6.57. The van der Waals surface area contributed by atoms with Gasteiger partial charge in [0.25, 0.3) is 7.82 Å². The minimum Gasteiger partial charge on any atom is -0.756 e. The monoisotopic (exact) mass is 892 g/mol. The molecule has 0 bridgehead atoms. The summed E-state index contributed by atoms with van der Waals surface area (Å²) in [7, 11) is 1.14. The number of allylic oxidation sites excluding steroid dienone is 10. The molecule has 0 rings (SSSR count). The van der Waals surface area contributed by atoms with Gasteiger partial charge in [0.05, 0.1) is 27.7 Å². The molecule has 0 radical (unpaired) electrons. The van der Waals surface area contributed by atoms with Crippen LogP contribution >= 0.6 is 7.82 Å². The molecule has 0 fully saturated rings. The minimum absolute atomic E-state index is 0.0396. The molecule has 0 aliphatic rings. The van der Waals surface area contributed by atoms with Crippen molar-refractivity contribution in [2.45, 2.75) is 213 Å². The van der Waals surface area contributed by atoms with Gasteiger partial charge in [-0.25, -0.2) is 0 Å². The Morgan fingerprint density at radius 3 is 1.35 bits per heavy atom. The topological polar surface area (TPSA) is 111 Å². The molecule has 0 spiro atoms. The number of nitrogens with zero attached hydrogens (tertiary/aromatic N) is 1. The van der Waals surface area contributed by atoms with Crippen molar-refractivity contribution in [1.82, 2.24) is 0 Å². The largest absolute Gasteiger partial charge is 0.756 e. The number of phosphoric acid groups is 1. The van der Waals surface area contributed by atoms with Crippen LogP contribution < -0.4 is 4.89 Å². The lowest BCUT2D eigenvalue weighted by Crippen LogP contribution is -2.37. The molecule has 0 amide bonds. The highest BCUT2D eigenvalue weighted by molar-refractivity contribution is 7.45. The summed E-state index contributed by atoms with van der Waals surface area (Å²) < 4.78 is 34.0. The zero-order valence-electron chi connectivity index (χ0n) is 40.6. The average molecular weight is 892 g/mol. The number of phosphoric ester groups is 1. The molecule has 0 N–H and O–H groups in total. The van der Waals surface area contributed by atoms with E-state index < -0.39 is 32.5 Å². The van der Waals surface area contributed by atoms with Gasteiger partial charge in [0, 0.05) is 12.8 Å². The van der Waals surface area contributed by atoms with E-state index in [0.717, 1.165) is 57.8 Å². The van der Waals surface area contributed by atoms with Crippen LogP contribution in [0, 0.1) is 0 Å². The molecule has 360 valence electrons. The molecule has 1 unspecified atom stereocenters. The first kappa shape index (κ1) is 59.7. The Balaban J connectivity index is 4.35. The predicted octanol–water partition coefficient (Wildman–Crippen LogP) is 14.2. The maximum Gasteiger partial charge on any atom is 0.306 e. The van der Waals surface area contributed by atoms with Gasteiger partial charge in [0.2, 0.25) is 0 Å². The first-order chi connectivity index (χ1) is 30.0. The second kappa shape index (κ2) is 43.9. The third-order valence-electron chi connectivity index (χ3n) is 10.5. The number of quaternary nitrogens is 1. The highest BCUT2D eigenvalue weighted by Crippen LogP contribution is 2.38. The Bertz CT molecular complexity index is 1240. The number of carbonyl (C=O) groups excluding carboxylic acids is 2. The summed E-state index contributed by atoms with van der Waals surface area (Å²) in [4.78, 5) is 37.7. The molecule has 0 saturated carbocycles. The molecule has 2 atom stereocenters. The van der Waals surface area contributed by atoms with E-state index in [4.69, 9.17) is 18.5 Å². The normalized spacial score (nSPS) is 14.0. The summed E-state index contributed by atoms with van der Waals surface area (Å²) in [6.45, 7) is 4.16. The van der Waals surface area contributed by atoms with E-state index in [1.807, 2.05) is 21.1 Å². The van der Waals surface area contributed by atoms with E-state index in [0.29, 0.717) is 17.4 Å². The van der Waals surface area contributed by atoms with Gasteiger partial charge in [0.15, 0.2) is 6.10 Å². The number of ether oxygens (including phenoxy) is 2. The van der Waals surface area contributed by atoms with E-state index in [-0.39, 0.29) is 26.1 Å². The fraction of sp³-hybridized carbons (Fsp3) is 0.769. The Hall–Kier alpha value is -2.29. The summed E-state index contributed by atoms with van der Waals surface area (Å²) >= 11 is 0. The van der Waals surface area contributed by atoms with Crippen LogP contribution in [0.3, 0.4) is 0 Å². The number of carbonyl (C=O) groups is 2. The molecule has 0 aromatic carbocycles. The first-order valence-corrected chi connectivity index (χ1v) is 26.5. The molecule has 0 heterocycles. The van der Waals surface area contributed by atoms with Crippen LogP contribution in [-0.2, 0) is 32.7 Å². The number of unbranched alkanes of at least 4 members (excludes halogenated alkanes) is 21. The third-order valence-corrected chi connectivity index (χ3v) is 11.5. The van der Waals surface area contributed by atoms with Crippen molar-refractivity contribution in [3.8, 4) is 0 Å². The van der Waals surface area contributed by atoms with Crippen LogP contribution in [0.4, 0.5) is 0 Å². The van der Waals surface area contributed by atoms with Crippen molar-refractivity contribution in [3.05, 3.63) is 60.8 Å². The predicted molar refractivity (Wildman–Crippen MR) is 259 cm³/mol. The van der Waals surface area contributed by atoms with Crippen molar-refractivity contribution in [3.63, 3.8) is 0 Å².